The molecule has 0 aliphatic carbocycles. The number of nitro groups is 1. The van der Waals surface area contributed by atoms with Gasteiger partial charge in [-0.2, -0.15) is 0 Å². The first-order valence-corrected chi connectivity index (χ1v) is 6.26. The number of carbonyl (C=O) groups is 1. The summed E-state index contributed by atoms with van der Waals surface area (Å²) in [5, 5.41) is 12.5. The van der Waals surface area contributed by atoms with Crippen molar-refractivity contribution in [3.8, 4) is 0 Å². The van der Waals surface area contributed by atoms with Crippen LogP contribution in [0.2, 0.25) is 0 Å². The molecule has 8 heteroatoms. The van der Waals surface area contributed by atoms with Crippen LogP contribution in [-0.4, -0.2) is 54.0 Å². The number of hydrogen-bond donors (Lipinski definition) is 2. The maximum atomic E-state index is 12.0. The van der Waals surface area contributed by atoms with E-state index in [0.29, 0.717) is 5.56 Å². The first kappa shape index (κ1) is 14.2. The van der Waals surface area contributed by atoms with Gasteiger partial charge in [0.2, 0.25) is 0 Å². The molecule has 8 nitrogen and oxygen atoms in total. The Hall–Kier alpha value is -2.19. The molecular weight excluding hydrogens is 262 g/mol. The number of rotatable bonds is 3. The minimum atomic E-state index is -0.572. The summed E-state index contributed by atoms with van der Waals surface area (Å²) in [5.74, 6) is -0.309. The maximum Gasteiger partial charge on any atom is 0.292 e. The number of benzene rings is 1. The second-order valence-corrected chi connectivity index (χ2v) is 4.76. The number of nitrogens with one attached hydrogen (secondary N) is 1. The molecule has 1 aromatic carbocycles. The fourth-order valence-electron chi connectivity index (χ4n) is 1.99. The highest BCUT2D eigenvalue weighted by atomic mass is 16.6. The van der Waals surface area contributed by atoms with E-state index in [-0.39, 0.29) is 17.3 Å². The molecule has 20 heavy (non-hydrogen) atoms. The van der Waals surface area contributed by atoms with Crippen molar-refractivity contribution in [2.24, 2.45) is 0 Å². The smallest absolute Gasteiger partial charge is 0.292 e. The quantitative estimate of drug-likeness (QED) is 0.461. The molecule has 0 saturated carbocycles. The molecule has 0 unspecified atom stereocenters. The Labute approximate surface area is 116 Å². The summed E-state index contributed by atoms with van der Waals surface area (Å²) in [4.78, 5) is 24.3. The fraction of sp³-hybridized carbons (Fsp3) is 0.417. The van der Waals surface area contributed by atoms with Gasteiger partial charge in [0, 0.05) is 37.8 Å². The zero-order chi connectivity index (χ0) is 14.7. The van der Waals surface area contributed by atoms with Crippen LogP contribution in [0.15, 0.2) is 18.2 Å². The van der Waals surface area contributed by atoms with Crippen LogP contribution in [0, 0.1) is 10.1 Å². The Kier molecular flexibility index (Phi) is 4.16. The number of anilines is 1. The number of hydrogen-bond acceptors (Lipinski definition) is 6. The normalized spacial score (nSPS) is 16.9. The summed E-state index contributed by atoms with van der Waals surface area (Å²) in [6.07, 6.45) is 0. The number of piperazine rings is 1. The Morgan fingerprint density at radius 3 is 2.55 bits per heavy atom. The Bertz CT molecular complexity index is 526. The zero-order valence-electron chi connectivity index (χ0n) is 11.2. The first-order valence-electron chi connectivity index (χ1n) is 6.26. The van der Waals surface area contributed by atoms with Gasteiger partial charge in [0.15, 0.2) is 0 Å². The molecule has 1 heterocycles. The van der Waals surface area contributed by atoms with Gasteiger partial charge in [0.05, 0.1) is 4.92 Å². The largest absolute Gasteiger partial charge is 0.393 e. The predicted molar refractivity (Wildman–Crippen MR) is 74.0 cm³/mol. The van der Waals surface area contributed by atoms with E-state index in [1.807, 2.05) is 12.1 Å². The van der Waals surface area contributed by atoms with E-state index >= 15 is 0 Å². The van der Waals surface area contributed by atoms with Gasteiger partial charge < -0.3 is 10.6 Å². The van der Waals surface area contributed by atoms with Crippen molar-refractivity contribution in [2.75, 3.05) is 39.0 Å². The van der Waals surface area contributed by atoms with Gasteiger partial charge >= 0.3 is 0 Å². The van der Waals surface area contributed by atoms with Crippen LogP contribution in [-0.2, 0) is 0 Å². The van der Waals surface area contributed by atoms with Gasteiger partial charge in [-0.25, -0.2) is 5.01 Å². The molecule has 108 valence electrons. The van der Waals surface area contributed by atoms with E-state index in [2.05, 4.69) is 10.3 Å². The lowest BCUT2D eigenvalue weighted by Crippen LogP contribution is -2.52. The van der Waals surface area contributed by atoms with Crippen LogP contribution in [0.25, 0.3) is 0 Å². The zero-order valence-corrected chi connectivity index (χ0v) is 11.2. The lowest BCUT2D eigenvalue weighted by atomic mass is 10.1. The van der Waals surface area contributed by atoms with Crippen LogP contribution in [0.3, 0.4) is 0 Å². The van der Waals surface area contributed by atoms with Crippen molar-refractivity contribution in [2.45, 2.75) is 0 Å². The Morgan fingerprint density at radius 1 is 1.35 bits per heavy atom. The number of carbonyl (C=O) groups excluding carboxylic acids is 1. The number of nitrogen functional groups attached to an aromatic ring is 1. The van der Waals surface area contributed by atoms with Gasteiger partial charge in [0.25, 0.3) is 11.6 Å². The third kappa shape index (κ3) is 3.22. The standard InChI is InChI=1S/C12H17N5O3/c1-15-4-6-16(7-5-15)14-12(18)9-2-3-11(17(19)20)10(13)8-9/h2-3,8H,4-7,13H2,1H3,(H,14,18). The molecule has 1 aliphatic rings. The van der Waals surface area contributed by atoms with Crippen LogP contribution >= 0.6 is 0 Å². The highest BCUT2D eigenvalue weighted by molar-refractivity contribution is 5.95. The Morgan fingerprint density at radius 2 is 2.00 bits per heavy atom. The van der Waals surface area contributed by atoms with E-state index in [4.69, 9.17) is 5.73 Å². The second-order valence-electron chi connectivity index (χ2n) is 4.76. The van der Waals surface area contributed by atoms with Gasteiger partial charge in [-0.05, 0) is 19.2 Å². The van der Waals surface area contributed by atoms with Crippen LogP contribution < -0.4 is 11.2 Å². The van der Waals surface area contributed by atoms with Crippen molar-refractivity contribution in [3.05, 3.63) is 33.9 Å². The molecule has 1 fully saturated rings. The molecule has 2 rings (SSSR count). The third-order valence-corrected chi connectivity index (χ3v) is 3.25. The van der Waals surface area contributed by atoms with Gasteiger partial charge in [-0.1, -0.05) is 0 Å². The van der Waals surface area contributed by atoms with E-state index < -0.39 is 4.92 Å². The van der Waals surface area contributed by atoms with Gasteiger partial charge in [-0.3, -0.25) is 20.3 Å². The van der Waals surface area contributed by atoms with Crippen molar-refractivity contribution < 1.29 is 9.72 Å². The molecular formula is C12H17N5O3. The number of hydrazine groups is 1. The lowest BCUT2D eigenvalue weighted by Gasteiger charge is -2.32. The van der Waals surface area contributed by atoms with Crippen molar-refractivity contribution >= 4 is 17.3 Å². The number of nitrogens with two attached hydrogens (primary N) is 1. The molecule has 0 radical (unpaired) electrons. The van der Waals surface area contributed by atoms with E-state index in [1.165, 1.54) is 18.2 Å². The fourth-order valence-corrected chi connectivity index (χ4v) is 1.99. The average Bonchev–Trinajstić information content (AvgIpc) is 2.40. The van der Waals surface area contributed by atoms with Crippen LogP contribution in [0.4, 0.5) is 11.4 Å². The number of likely N-dealkylation sites (N-methyl/N-ethyl adjacent to an activating group) is 1. The van der Waals surface area contributed by atoms with Crippen molar-refractivity contribution in [1.82, 2.24) is 15.3 Å². The molecule has 0 bridgehead atoms. The minimum Gasteiger partial charge on any atom is -0.393 e. The van der Waals surface area contributed by atoms with E-state index in [1.54, 1.807) is 0 Å². The highest BCUT2D eigenvalue weighted by Gasteiger charge is 2.18. The van der Waals surface area contributed by atoms with E-state index in [0.717, 1.165) is 26.2 Å². The van der Waals surface area contributed by atoms with Crippen molar-refractivity contribution in [3.63, 3.8) is 0 Å². The highest BCUT2D eigenvalue weighted by Crippen LogP contribution is 2.21. The summed E-state index contributed by atoms with van der Waals surface area (Å²) < 4.78 is 0. The van der Waals surface area contributed by atoms with Crippen molar-refractivity contribution in [1.29, 1.82) is 0 Å². The predicted octanol–water partition coefficient (Wildman–Crippen LogP) is 0.0692. The third-order valence-electron chi connectivity index (χ3n) is 3.25. The molecule has 1 aliphatic heterocycles. The van der Waals surface area contributed by atoms with E-state index in [9.17, 15) is 14.9 Å². The van der Waals surface area contributed by atoms with Gasteiger partial charge in [0.1, 0.15) is 5.69 Å². The maximum absolute atomic E-state index is 12.0. The molecule has 1 saturated heterocycles. The second kappa shape index (κ2) is 5.85. The summed E-state index contributed by atoms with van der Waals surface area (Å²) >= 11 is 0. The SMILES string of the molecule is CN1CCN(NC(=O)c2ccc([N+](=O)[O-])c(N)c2)CC1. The number of nitro benzene ring substituents is 1. The summed E-state index contributed by atoms with van der Waals surface area (Å²) in [6, 6.07) is 3.97. The monoisotopic (exact) mass is 279 g/mol. The van der Waals surface area contributed by atoms with Crippen LogP contribution in [0.5, 0.6) is 0 Å². The molecule has 1 aromatic rings. The van der Waals surface area contributed by atoms with Crippen LogP contribution in [0.1, 0.15) is 10.4 Å². The molecule has 0 atom stereocenters. The average molecular weight is 279 g/mol. The summed E-state index contributed by atoms with van der Waals surface area (Å²) in [6.45, 7) is 3.24. The molecule has 0 aromatic heterocycles. The van der Waals surface area contributed by atoms with Gasteiger partial charge in [-0.15, -0.1) is 0 Å². The number of nitrogens with zero attached hydrogens (tertiary/aromatic N) is 3. The Balaban J connectivity index is 2.02. The summed E-state index contributed by atoms with van der Waals surface area (Å²) in [5.41, 5.74) is 8.45. The molecule has 1 amide bonds. The topological polar surface area (TPSA) is 105 Å². The molecule has 0 spiro atoms. The summed E-state index contributed by atoms with van der Waals surface area (Å²) in [7, 11) is 2.02. The lowest BCUT2D eigenvalue weighted by molar-refractivity contribution is -0.383. The molecule has 3 N–H and O–H groups in total. The number of amides is 1. The minimum absolute atomic E-state index is 0.0129. The first-order chi connectivity index (χ1) is 9.47.